The molecule has 8 heteroatoms. The lowest BCUT2D eigenvalue weighted by atomic mass is 10.1. The highest BCUT2D eigenvalue weighted by molar-refractivity contribution is 5.64. The standard InChI is InChI=1S/C17H23N7O/c1-11-10-25-12(2)9-24(11)15-6-14(13-7-19-16(18)20-8-13)21-17(22-15)23-4-3-5-23/h6-8,11-12H,3-5,9-10H2,1-2H3,(H2,18,19,20)/t11-,12-/m0/s1. The lowest BCUT2D eigenvalue weighted by Crippen LogP contribution is -2.48. The Morgan fingerprint density at radius 1 is 1.16 bits per heavy atom. The zero-order valence-corrected chi connectivity index (χ0v) is 14.6. The molecule has 0 spiro atoms. The van der Waals surface area contributed by atoms with Crippen molar-refractivity contribution in [2.45, 2.75) is 32.4 Å². The van der Waals surface area contributed by atoms with Gasteiger partial charge < -0.3 is 20.3 Å². The first kappa shape index (κ1) is 16.0. The summed E-state index contributed by atoms with van der Waals surface area (Å²) in [5, 5.41) is 0. The molecule has 2 saturated heterocycles. The van der Waals surface area contributed by atoms with E-state index in [4.69, 9.17) is 20.4 Å². The molecule has 25 heavy (non-hydrogen) atoms. The average Bonchev–Trinajstić information content (AvgIpc) is 2.56. The van der Waals surface area contributed by atoms with E-state index in [1.54, 1.807) is 12.4 Å². The summed E-state index contributed by atoms with van der Waals surface area (Å²) in [5.41, 5.74) is 7.27. The van der Waals surface area contributed by atoms with Gasteiger partial charge in [0.15, 0.2) is 0 Å². The van der Waals surface area contributed by atoms with Crippen molar-refractivity contribution < 1.29 is 4.74 Å². The minimum atomic E-state index is 0.182. The SMILES string of the molecule is C[C@H]1CN(c2cc(-c3cnc(N)nc3)nc(N3CCC3)n2)[C@@H](C)CO1. The van der Waals surface area contributed by atoms with Gasteiger partial charge in [-0.2, -0.15) is 4.98 Å². The molecule has 2 N–H and O–H groups in total. The molecule has 2 aliphatic heterocycles. The molecular weight excluding hydrogens is 318 g/mol. The van der Waals surface area contributed by atoms with Gasteiger partial charge in [0, 0.05) is 43.7 Å². The van der Waals surface area contributed by atoms with E-state index in [0.29, 0.717) is 6.61 Å². The van der Waals surface area contributed by atoms with Gasteiger partial charge in [0.2, 0.25) is 11.9 Å². The highest BCUT2D eigenvalue weighted by atomic mass is 16.5. The van der Waals surface area contributed by atoms with Crippen LogP contribution in [0.3, 0.4) is 0 Å². The number of morpholine rings is 1. The largest absolute Gasteiger partial charge is 0.375 e. The van der Waals surface area contributed by atoms with Crippen LogP contribution in [0, 0.1) is 0 Å². The number of rotatable bonds is 3. The van der Waals surface area contributed by atoms with E-state index >= 15 is 0 Å². The van der Waals surface area contributed by atoms with Gasteiger partial charge in [-0.1, -0.05) is 0 Å². The second kappa shape index (κ2) is 6.44. The maximum absolute atomic E-state index is 5.75. The van der Waals surface area contributed by atoms with Crippen molar-refractivity contribution in [3.05, 3.63) is 18.5 Å². The van der Waals surface area contributed by atoms with Gasteiger partial charge >= 0.3 is 0 Å². The first-order chi connectivity index (χ1) is 12.1. The molecule has 0 aliphatic carbocycles. The van der Waals surface area contributed by atoms with Gasteiger partial charge in [-0.25, -0.2) is 15.0 Å². The molecule has 4 rings (SSSR count). The predicted octanol–water partition coefficient (Wildman–Crippen LogP) is 1.34. The van der Waals surface area contributed by atoms with E-state index in [1.165, 1.54) is 6.42 Å². The van der Waals surface area contributed by atoms with Crippen molar-refractivity contribution in [1.29, 1.82) is 0 Å². The van der Waals surface area contributed by atoms with Crippen LogP contribution in [0.15, 0.2) is 18.5 Å². The fraction of sp³-hybridized carbons (Fsp3) is 0.529. The molecule has 4 heterocycles. The molecule has 8 nitrogen and oxygen atoms in total. The number of hydrogen-bond acceptors (Lipinski definition) is 8. The zero-order valence-electron chi connectivity index (χ0n) is 14.6. The average molecular weight is 341 g/mol. The van der Waals surface area contributed by atoms with Crippen LogP contribution in [-0.4, -0.2) is 58.3 Å². The predicted molar refractivity (Wildman–Crippen MR) is 96.5 cm³/mol. The number of hydrogen-bond donors (Lipinski definition) is 1. The number of nitrogens with two attached hydrogens (primary N) is 1. The molecule has 2 aromatic rings. The van der Waals surface area contributed by atoms with Gasteiger partial charge in [0.05, 0.1) is 24.4 Å². The van der Waals surface area contributed by atoms with E-state index in [1.807, 2.05) is 6.07 Å². The Morgan fingerprint density at radius 3 is 2.60 bits per heavy atom. The molecule has 0 saturated carbocycles. The van der Waals surface area contributed by atoms with Gasteiger partial charge in [0.1, 0.15) is 5.82 Å². The number of aromatic nitrogens is 4. The number of nitrogen functional groups attached to an aromatic ring is 1. The van der Waals surface area contributed by atoms with E-state index in [2.05, 4.69) is 33.6 Å². The Labute approximate surface area is 147 Å². The first-order valence-corrected chi connectivity index (χ1v) is 8.70. The molecule has 132 valence electrons. The van der Waals surface area contributed by atoms with Crippen molar-refractivity contribution in [2.24, 2.45) is 0 Å². The monoisotopic (exact) mass is 341 g/mol. The normalized spacial score (nSPS) is 23.4. The summed E-state index contributed by atoms with van der Waals surface area (Å²) >= 11 is 0. The second-order valence-corrected chi connectivity index (χ2v) is 6.73. The second-order valence-electron chi connectivity index (χ2n) is 6.73. The Hall–Kier alpha value is -2.48. The molecule has 0 radical (unpaired) electrons. The summed E-state index contributed by atoms with van der Waals surface area (Å²) < 4.78 is 5.75. The maximum Gasteiger partial charge on any atom is 0.227 e. The maximum atomic E-state index is 5.75. The quantitative estimate of drug-likeness (QED) is 0.894. The summed E-state index contributed by atoms with van der Waals surface area (Å²) in [4.78, 5) is 22.2. The van der Waals surface area contributed by atoms with E-state index in [0.717, 1.165) is 42.7 Å². The lowest BCUT2D eigenvalue weighted by molar-refractivity contribution is 0.0340. The van der Waals surface area contributed by atoms with E-state index < -0.39 is 0 Å². The van der Waals surface area contributed by atoms with Crippen LogP contribution in [0.4, 0.5) is 17.7 Å². The van der Waals surface area contributed by atoms with Gasteiger partial charge in [-0.3, -0.25) is 0 Å². The van der Waals surface area contributed by atoms with Crippen molar-refractivity contribution in [3.8, 4) is 11.3 Å². The molecule has 2 aliphatic rings. The van der Waals surface area contributed by atoms with Crippen molar-refractivity contribution in [2.75, 3.05) is 41.8 Å². The topological polar surface area (TPSA) is 93.3 Å². The highest BCUT2D eigenvalue weighted by Gasteiger charge is 2.27. The first-order valence-electron chi connectivity index (χ1n) is 8.70. The van der Waals surface area contributed by atoms with Crippen molar-refractivity contribution in [3.63, 3.8) is 0 Å². The van der Waals surface area contributed by atoms with Gasteiger partial charge in [-0.05, 0) is 20.3 Å². The van der Waals surface area contributed by atoms with Crippen LogP contribution < -0.4 is 15.5 Å². The summed E-state index contributed by atoms with van der Waals surface area (Å²) in [6.07, 6.45) is 4.78. The molecule has 0 amide bonds. The molecule has 0 unspecified atom stereocenters. The van der Waals surface area contributed by atoms with Crippen molar-refractivity contribution >= 4 is 17.7 Å². The zero-order chi connectivity index (χ0) is 17.4. The van der Waals surface area contributed by atoms with Crippen LogP contribution in [0.1, 0.15) is 20.3 Å². The third-order valence-corrected chi connectivity index (χ3v) is 4.71. The fourth-order valence-electron chi connectivity index (χ4n) is 3.07. The fourth-order valence-corrected chi connectivity index (χ4v) is 3.07. The van der Waals surface area contributed by atoms with Crippen LogP contribution in [0.2, 0.25) is 0 Å². The Morgan fingerprint density at radius 2 is 1.92 bits per heavy atom. The van der Waals surface area contributed by atoms with Gasteiger partial charge in [0.25, 0.3) is 0 Å². The Bertz CT molecular complexity index is 747. The molecule has 2 aromatic heterocycles. The summed E-state index contributed by atoms with van der Waals surface area (Å²) in [6.45, 7) is 7.75. The van der Waals surface area contributed by atoms with Crippen molar-refractivity contribution in [1.82, 2.24) is 19.9 Å². The summed E-state index contributed by atoms with van der Waals surface area (Å²) in [5.74, 6) is 1.95. The summed E-state index contributed by atoms with van der Waals surface area (Å²) in [6, 6.07) is 2.28. The smallest absolute Gasteiger partial charge is 0.227 e. The molecule has 2 fully saturated rings. The Balaban J connectivity index is 1.75. The molecule has 2 atom stereocenters. The van der Waals surface area contributed by atoms with E-state index in [9.17, 15) is 0 Å². The molecule has 0 aromatic carbocycles. The molecule has 0 bridgehead atoms. The van der Waals surface area contributed by atoms with Crippen LogP contribution in [0.5, 0.6) is 0 Å². The third-order valence-electron chi connectivity index (χ3n) is 4.71. The van der Waals surface area contributed by atoms with E-state index in [-0.39, 0.29) is 18.1 Å². The number of ether oxygens (including phenoxy) is 1. The Kier molecular flexibility index (Phi) is 4.12. The highest BCUT2D eigenvalue weighted by Crippen LogP contribution is 2.28. The summed E-state index contributed by atoms with van der Waals surface area (Å²) in [7, 11) is 0. The third kappa shape index (κ3) is 3.21. The minimum Gasteiger partial charge on any atom is -0.375 e. The van der Waals surface area contributed by atoms with Crippen LogP contribution >= 0.6 is 0 Å². The van der Waals surface area contributed by atoms with Crippen LogP contribution in [0.25, 0.3) is 11.3 Å². The lowest BCUT2D eigenvalue weighted by Gasteiger charge is -2.38. The minimum absolute atomic E-state index is 0.182. The number of anilines is 3. The number of nitrogens with zero attached hydrogens (tertiary/aromatic N) is 6. The van der Waals surface area contributed by atoms with Gasteiger partial charge in [-0.15, -0.1) is 0 Å². The molecular formula is C17H23N7O. The van der Waals surface area contributed by atoms with Crippen LogP contribution in [-0.2, 0) is 4.74 Å².